The number of aryl methyl sites for hydroxylation is 2. The van der Waals surface area contributed by atoms with E-state index >= 15 is 0 Å². The standard InChI is InChI=1S/C14H20N2O4S/c1-9-10(2)21-13-12(9)14(18)16(8-15-13)6-11(17)7-20-5-4-19-3/h8,11,17H,4-7H2,1-3H3. The third-order valence-corrected chi connectivity index (χ3v) is 4.42. The summed E-state index contributed by atoms with van der Waals surface area (Å²) in [6, 6.07) is 0. The van der Waals surface area contributed by atoms with Crippen LogP contribution in [0.25, 0.3) is 10.2 Å². The lowest BCUT2D eigenvalue weighted by Gasteiger charge is -2.12. The number of hydrogen-bond donors (Lipinski definition) is 1. The molecular formula is C14H20N2O4S. The highest BCUT2D eigenvalue weighted by Gasteiger charge is 2.14. The first-order valence-electron chi connectivity index (χ1n) is 6.74. The van der Waals surface area contributed by atoms with E-state index in [9.17, 15) is 9.90 Å². The van der Waals surface area contributed by atoms with Crippen LogP contribution in [0.4, 0.5) is 0 Å². The van der Waals surface area contributed by atoms with E-state index in [0.29, 0.717) is 18.6 Å². The Balaban J connectivity index is 2.10. The highest BCUT2D eigenvalue weighted by atomic mass is 32.1. The minimum Gasteiger partial charge on any atom is -0.389 e. The molecule has 1 atom stereocenters. The summed E-state index contributed by atoms with van der Waals surface area (Å²) in [6.45, 7) is 5.13. The molecule has 6 nitrogen and oxygen atoms in total. The lowest BCUT2D eigenvalue weighted by atomic mass is 10.2. The number of aliphatic hydroxyl groups is 1. The summed E-state index contributed by atoms with van der Waals surface area (Å²) in [5.74, 6) is 0. The van der Waals surface area contributed by atoms with E-state index in [2.05, 4.69) is 4.98 Å². The number of aliphatic hydroxyl groups excluding tert-OH is 1. The number of thiophene rings is 1. The second-order valence-electron chi connectivity index (χ2n) is 4.89. The molecular weight excluding hydrogens is 292 g/mol. The van der Waals surface area contributed by atoms with Gasteiger partial charge in [0.15, 0.2) is 0 Å². The van der Waals surface area contributed by atoms with Gasteiger partial charge in [-0.25, -0.2) is 4.98 Å². The molecule has 0 saturated carbocycles. The highest BCUT2D eigenvalue weighted by Crippen LogP contribution is 2.25. The zero-order valence-corrected chi connectivity index (χ0v) is 13.3. The van der Waals surface area contributed by atoms with Gasteiger partial charge in [-0.3, -0.25) is 9.36 Å². The number of aromatic nitrogens is 2. The van der Waals surface area contributed by atoms with Crippen LogP contribution in [0, 0.1) is 13.8 Å². The Morgan fingerprint density at radius 3 is 2.90 bits per heavy atom. The summed E-state index contributed by atoms with van der Waals surface area (Å²) >= 11 is 1.51. The van der Waals surface area contributed by atoms with Gasteiger partial charge in [0.1, 0.15) is 4.83 Å². The number of rotatable bonds is 7. The van der Waals surface area contributed by atoms with Crippen LogP contribution < -0.4 is 5.56 Å². The van der Waals surface area contributed by atoms with Crippen LogP contribution >= 0.6 is 11.3 Å². The van der Waals surface area contributed by atoms with Gasteiger partial charge in [0.25, 0.3) is 5.56 Å². The third-order valence-electron chi connectivity index (χ3n) is 3.31. The van der Waals surface area contributed by atoms with Gasteiger partial charge in [-0.15, -0.1) is 11.3 Å². The molecule has 0 amide bonds. The lowest BCUT2D eigenvalue weighted by molar-refractivity contribution is 0.00683. The van der Waals surface area contributed by atoms with Gasteiger partial charge in [-0.05, 0) is 19.4 Å². The maximum Gasteiger partial charge on any atom is 0.262 e. The minimum absolute atomic E-state index is 0.113. The number of ether oxygens (including phenoxy) is 2. The third kappa shape index (κ3) is 3.68. The number of nitrogens with zero attached hydrogens (tertiary/aromatic N) is 2. The largest absolute Gasteiger partial charge is 0.389 e. The molecule has 1 N–H and O–H groups in total. The summed E-state index contributed by atoms with van der Waals surface area (Å²) in [6.07, 6.45) is 0.733. The first kappa shape index (κ1) is 16.1. The van der Waals surface area contributed by atoms with Crippen LogP contribution in [0.2, 0.25) is 0 Å². The van der Waals surface area contributed by atoms with Crippen molar-refractivity contribution in [2.75, 3.05) is 26.9 Å². The first-order chi connectivity index (χ1) is 10.0. The van der Waals surface area contributed by atoms with Crippen molar-refractivity contribution >= 4 is 21.6 Å². The monoisotopic (exact) mass is 312 g/mol. The van der Waals surface area contributed by atoms with Crippen molar-refractivity contribution in [2.24, 2.45) is 0 Å². The van der Waals surface area contributed by atoms with E-state index in [1.54, 1.807) is 7.11 Å². The van der Waals surface area contributed by atoms with E-state index in [-0.39, 0.29) is 18.7 Å². The van der Waals surface area contributed by atoms with Crippen molar-refractivity contribution in [1.29, 1.82) is 0 Å². The van der Waals surface area contributed by atoms with Crippen molar-refractivity contribution in [3.05, 3.63) is 27.1 Å². The van der Waals surface area contributed by atoms with E-state index in [4.69, 9.17) is 9.47 Å². The molecule has 0 spiro atoms. The summed E-state index contributed by atoms with van der Waals surface area (Å²) in [5.41, 5.74) is 0.852. The Labute approximate surface area is 127 Å². The van der Waals surface area contributed by atoms with Gasteiger partial charge < -0.3 is 14.6 Å². The molecule has 0 radical (unpaired) electrons. The molecule has 0 aromatic carbocycles. The summed E-state index contributed by atoms with van der Waals surface area (Å²) in [4.78, 5) is 18.6. The van der Waals surface area contributed by atoms with E-state index < -0.39 is 6.10 Å². The maximum absolute atomic E-state index is 12.4. The van der Waals surface area contributed by atoms with Gasteiger partial charge >= 0.3 is 0 Å². The Morgan fingerprint density at radius 2 is 2.19 bits per heavy atom. The topological polar surface area (TPSA) is 73.6 Å². The van der Waals surface area contributed by atoms with Gasteiger partial charge in [-0.2, -0.15) is 0 Å². The maximum atomic E-state index is 12.4. The SMILES string of the molecule is COCCOCC(O)Cn1cnc2sc(C)c(C)c2c1=O. The quantitative estimate of drug-likeness (QED) is 0.775. The van der Waals surface area contributed by atoms with Crippen molar-refractivity contribution in [1.82, 2.24) is 9.55 Å². The Morgan fingerprint density at radius 1 is 1.43 bits per heavy atom. The molecule has 2 heterocycles. The fraction of sp³-hybridized carbons (Fsp3) is 0.571. The molecule has 7 heteroatoms. The summed E-state index contributed by atoms with van der Waals surface area (Å²) in [5, 5.41) is 10.6. The summed E-state index contributed by atoms with van der Waals surface area (Å²) < 4.78 is 11.5. The molecule has 2 rings (SSSR count). The zero-order chi connectivity index (χ0) is 15.4. The van der Waals surface area contributed by atoms with Crippen LogP contribution in [0.1, 0.15) is 10.4 Å². The average molecular weight is 312 g/mol. The van der Waals surface area contributed by atoms with Crippen LogP contribution in [0.3, 0.4) is 0 Å². The highest BCUT2D eigenvalue weighted by molar-refractivity contribution is 7.18. The zero-order valence-electron chi connectivity index (χ0n) is 12.5. The van der Waals surface area contributed by atoms with Crippen LogP contribution in [-0.2, 0) is 16.0 Å². The van der Waals surface area contributed by atoms with E-state index in [1.165, 1.54) is 22.2 Å². The van der Waals surface area contributed by atoms with Crippen LogP contribution in [0.5, 0.6) is 0 Å². The molecule has 0 fully saturated rings. The predicted octanol–water partition coefficient (Wildman–Crippen LogP) is 1.10. The van der Waals surface area contributed by atoms with E-state index in [1.807, 2.05) is 13.8 Å². The Kier molecular flexibility index (Phi) is 5.46. The van der Waals surface area contributed by atoms with Crippen molar-refractivity contribution in [2.45, 2.75) is 26.5 Å². The number of hydrogen-bond acceptors (Lipinski definition) is 6. The molecule has 0 aliphatic heterocycles. The first-order valence-corrected chi connectivity index (χ1v) is 7.56. The normalized spacial score (nSPS) is 13.0. The van der Waals surface area contributed by atoms with Gasteiger partial charge in [0.05, 0.1) is 44.2 Å². The smallest absolute Gasteiger partial charge is 0.262 e. The van der Waals surface area contributed by atoms with Crippen molar-refractivity contribution in [3.63, 3.8) is 0 Å². The molecule has 2 aromatic heterocycles. The van der Waals surface area contributed by atoms with Gasteiger partial charge in [-0.1, -0.05) is 0 Å². The summed E-state index contributed by atoms with van der Waals surface area (Å²) in [7, 11) is 1.59. The molecule has 0 aliphatic rings. The Bertz CT molecular complexity index is 665. The molecule has 0 bridgehead atoms. The molecule has 21 heavy (non-hydrogen) atoms. The predicted molar refractivity (Wildman–Crippen MR) is 82.1 cm³/mol. The van der Waals surface area contributed by atoms with Crippen molar-refractivity contribution < 1.29 is 14.6 Å². The minimum atomic E-state index is -0.751. The number of methoxy groups -OCH3 is 1. The van der Waals surface area contributed by atoms with Crippen molar-refractivity contribution in [3.8, 4) is 0 Å². The fourth-order valence-electron chi connectivity index (χ4n) is 2.04. The molecule has 0 aliphatic carbocycles. The van der Waals surface area contributed by atoms with Gasteiger partial charge in [0, 0.05) is 12.0 Å². The molecule has 2 aromatic rings. The second kappa shape index (κ2) is 7.13. The average Bonchev–Trinajstić information content (AvgIpc) is 2.74. The molecule has 116 valence electrons. The van der Waals surface area contributed by atoms with Gasteiger partial charge in [0.2, 0.25) is 0 Å². The number of fused-ring (bicyclic) bond motifs is 1. The second-order valence-corrected chi connectivity index (χ2v) is 6.09. The van der Waals surface area contributed by atoms with E-state index in [0.717, 1.165) is 15.3 Å². The Hall–Kier alpha value is -1.28. The molecule has 0 saturated heterocycles. The molecule has 1 unspecified atom stereocenters. The fourth-order valence-corrected chi connectivity index (χ4v) is 3.03. The lowest BCUT2D eigenvalue weighted by Crippen LogP contribution is -2.30. The van der Waals surface area contributed by atoms with Crippen LogP contribution in [0.15, 0.2) is 11.1 Å². The van der Waals surface area contributed by atoms with Crippen LogP contribution in [-0.4, -0.2) is 47.7 Å².